The van der Waals surface area contributed by atoms with Gasteiger partial charge in [0.2, 0.25) is 5.91 Å². The number of benzene rings is 3. The number of carbonyl (C=O) groups is 1. The van der Waals surface area contributed by atoms with Crippen molar-refractivity contribution in [1.29, 1.82) is 0 Å². The summed E-state index contributed by atoms with van der Waals surface area (Å²) in [6.07, 6.45) is 0. The van der Waals surface area contributed by atoms with E-state index in [4.69, 9.17) is 0 Å². The maximum Gasteiger partial charge on any atom is 0.247 e. The molecule has 0 aromatic heterocycles. The Hall–Kier alpha value is -2.57. The predicted octanol–water partition coefficient (Wildman–Crippen LogP) is 2.62. The van der Waals surface area contributed by atoms with Gasteiger partial charge in [0.15, 0.2) is 0 Å². The van der Waals surface area contributed by atoms with Crippen LogP contribution in [0.3, 0.4) is 0 Å². The zero-order valence-electron chi connectivity index (χ0n) is 14.0. The third kappa shape index (κ3) is 3.06. The van der Waals surface area contributed by atoms with Crippen molar-refractivity contribution in [2.24, 2.45) is 0 Å². The number of amides is 1. The molecule has 0 radical (unpaired) electrons. The van der Waals surface area contributed by atoms with Crippen molar-refractivity contribution in [2.45, 2.75) is 0 Å². The number of nitrogens with zero attached hydrogens (tertiary/aromatic N) is 1. The van der Waals surface area contributed by atoms with Crippen LogP contribution in [-0.4, -0.2) is 29.7 Å². The minimum atomic E-state index is -2.14. The first kappa shape index (κ1) is 15.9. The van der Waals surface area contributed by atoms with Crippen molar-refractivity contribution in [1.82, 2.24) is 4.90 Å². The highest BCUT2D eigenvalue weighted by Crippen LogP contribution is 2.43. The van der Waals surface area contributed by atoms with E-state index in [1.807, 2.05) is 28.9 Å². The third-order valence-electron chi connectivity index (χ3n) is 4.55. The Morgan fingerprint density at radius 1 is 0.680 bits per heavy atom. The molecule has 4 rings (SSSR count). The monoisotopic (exact) mass is 345 g/mol. The second-order valence-electron chi connectivity index (χ2n) is 6.18. The zero-order chi connectivity index (χ0) is 17.1. The molecule has 1 saturated heterocycles. The summed E-state index contributed by atoms with van der Waals surface area (Å²) in [5.74, 6) is 2.14. The van der Waals surface area contributed by atoms with Gasteiger partial charge in [0.05, 0.1) is 0 Å². The highest BCUT2D eigenvalue weighted by Gasteiger charge is 2.30. The average Bonchev–Trinajstić information content (AvgIpc) is 3.53. The lowest BCUT2D eigenvalue weighted by Crippen LogP contribution is -2.29. The maximum absolute atomic E-state index is 12.8. The summed E-state index contributed by atoms with van der Waals surface area (Å²) in [6, 6.07) is 31.4. The van der Waals surface area contributed by atoms with Gasteiger partial charge in [-0.15, -0.1) is 0 Å². The summed E-state index contributed by atoms with van der Waals surface area (Å²) in [7, 11) is 0. The van der Waals surface area contributed by atoms with E-state index in [-0.39, 0.29) is 5.91 Å². The van der Waals surface area contributed by atoms with Crippen molar-refractivity contribution >= 4 is 34.5 Å². The highest BCUT2D eigenvalue weighted by molar-refractivity contribution is 7.95. The Bertz CT molecular complexity index is 813. The zero-order valence-corrected chi connectivity index (χ0v) is 14.8. The largest absolute Gasteiger partial charge is 0.336 e. The lowest BCUT2D eigenvalue weighted by atomic mass is 10.4. The fourth-order valence-corrected chi connectivity index (χ4v) is 6.94. The fraction of sp³-hybridized carbons (Fsp3) is 0.0909. The van der Waals surface area contributed by atoms with Gasteiger partial charge in [0, 0.05) is 18.9 Å². The molecule has 0 spiro atoms. The van der Waals surface area contributed by atoms with Crippen molar-refractivity contribution in [3.63, 3.8) is 0 Å². The van der Waals surface area contributed by atoms with Crippen molar-refractivity contribution < 1.29 is 4.79 Å². The number of hydrogen-bond acceptors (Lipinski definition) is 1. The minimum absolute atomic E-state index is 0.143. The summed E-state index contributed by atoms with van der Waals surface area (Å²) in [4.78, 5) is 14.7. The molecule has 0 bridgehead atoms. The Morgan fingerprint density at radius 3 is 1.36 bits per heavy atom. The molecule has 0 N–H and O–H groups in total. The summed E-state index contributed by atoms with van der Waals surface area (Å²) in [5.41, 5.74) is 0. The van der Waals surface area contributed by atoms with Crippen LogP contribution in [-0.2, 0) is 4.79 Å². The van der Waals surface area contributed by atoms with Gasteiger partial charge in [-0.1, -0.05) is 91.0 Å². The molecule has 3 aromatic rings. The third-order valence-corrected chi connectivity index (χ3v) is 8.50. The molecule has 0 saturated carbocycles. The minimum Gasteiger partial charge on any atom is -0.336 e. The Morgan fingerprint density at radius 2 is 1.04 bits per heavy atom. The van der Waals surface area contributed by atoms with Gasteiger partial charge in [0.25, 0.3) is 0 Å². The Balaban J connectivity index is 2.06. The average molecular weight is 345 g/mol. The molecule has 1 amide bonds. The van der Waals surface area contributed by atoms with E-state index in [9.17, 15) is 4.79 Å². The van der Waals surface area contributed by atoms with Crippen LogP contribution in [0.5, 0.6) is 0 Å². The Labute approximate surface area is 148 Å². The van der Waals surface area contributed by atoms with E-state index in [0.717, 1.165) is 13.1 Å². The van der Waals surface area contributed by atoms with Gasteiger partial charge in [-0.05, 0) is 22.8 Å². The standard InChI is InChI=1S/C22H20NOP/c24-22(23-16-17-23)18-25(19-10-4-1-5-11-19,20-12-6-2-7-13-20)21-14-8-3-9-15-21/h1-15,18H,16-17H2. The van der Waals surface area contributed by atoms with Crippen LogP contribution in [0.25, 0.3) is 0 Å². The molecule has 1 aliphatic heterocycles. The molecular weight excluding hydrogens is 325 g/mol. The highest BCUT2D eigenvalue weighted by atomic mass is 31.2. The van der Waals surface area contributed by atoms with E-state index in [1.165, 1.54) is 15.9 Å². The molecule has 25 heavy (non-hydrogen) atoms. The van der Waals surface area contributed by atoms with Crippen LogP contribution in [0, 0.1) is 0 Å². The van der Waals surface area contributed by atoms with E-state index >= 15 is 0 Å². The summed E-state index contributed by atoms with van der Waals surface area (Å²) < 4.78 is 0. The van der Waals surface area contributed by atoms with Crippen molar-refractivity contribution in [3.8, 4) is 0 Å². The Kier molecular flexibility index (Phi) is 4.29. The maximum atomic E-state index is 12.8. The lowest BCUT2D eigenvalue weighted by Gasteiger charge is -2.28. The predicted molar refractivity (Wildman–Crippen MR) is 108 cm³/mol. The fourth-order valence-electron chi connectivity index (χ4n) is 3.18. The first-order valence-corrected chi connectivity index (χ1v) is 10.4. The smallest absolute Gasteiger partial charge is 0.247 e. The van der Waals surface area contributed by atoms with Crippen LogP contribution in [0.2, 0.25) is 0 Å². The lowest BCUT2D eigenvalue weighted by molar-refractivity contribution is -0.118. The van der Waals surface area contributed by atoms with Gasteiger partial charge in [-0.25, -0.2) is 0 Å². The molecule has 1 fully saturated rings. The van der Waals surface area contributed by atoms with Gasteiger partial charge in [-0.2, -0.15) is 0 Å². The molecule has 0 atom stereocenters. The summed E-state index contributed by atoms with van der Waals surface area (Å²) in [5, 5.41) is 3.63. The quantitative estimate of drug-likeness (QED) is 0.526. The van der Waals surface area contributed by atoms with Crippen molar-refractivity contribution in [3.05, 3.63) is 91.0 Å². The summed E-state index contributed by atoms with van der Waals surface area (Å²) >= 11 is 0. The first-order valence-electron chi connectivity index (χ1n) is 8.51. The molecule has 0 unspecified atom stereocenters. The van der Waals surface area contributed by atoms with Crippen molar-refractivity contribution in [2.75, 3.05) is 13.1 Å². The molecule has 0 aliphatic carbocycles. The van der Waals surface area contributed by atoms with Crippen LogP contribution in [0.15, 0.2) is 91.0 Å². The molecule has 2 nitrogen and oxygen atoms in total. The molecular formula is C22H20NOP. The van der Waals surface area contributed by atoms with E-state index < -0.39 is 6.89 Å². The van der Waals surface area contributed by atoms with Crippen LogP contribution < -0.4 is 15.9 Å². The SMILES string of the molecule is O=C(C=P(c1ccccc1)(c1ccccc1)c1ccccc1)N1CC1. The van der Waals surface area contributed by atoms with E-state index in [1.54, 1.807) is 0 Å². The van der Waals surface area contributed by atoms with E-state index in [2.05, 4.69) is 72.8 Å². The number of carbonyl (C=O) groups excluding carboxylic acids is 1. The van der Waals surface area contributed by atoms with Crippen LogP contribution in [0.1, 0.15) is 0 Å². The molecule has 1 heterocycles. The van der Waals surface area contributed by atoms with Gasteiger partial charge in [-0.3, -0.25) is 4.79 Å². The normalized spacial score (nSPS) is 13.4. The van der Waals surface area contributed by atoms with Gasteiger partial charge in [0.1, 0.15) is 0 Å². The van der Waals surface area contributed by atoms with Gasteiger partial charge >= 0.3 is 0 Å². The molecule has 1 aliphatic rings. The molecule has 124 valence electrons. The second kappa shape index (κ2) is 6.74. The summed E-state index contributed by atoms with van der Waals surface area (Å²) in [6.45, 7) is -0.402. The molecule has 3 heteroatoms. The van der Waals surface area contributed by atoms with Crippen LogP contribution in [0.4, 0.5) is 0 Å². The number of hydrogen-bond donors (Lipinski definition) is 0. The first-order chi connectivity index (χ1) is 12.3. The molecule has 3 aromatic carbocycles. The van der Waals surface area contributed by atoms with Gasteiger partial charge < -0.3 is 4.90 Å². The van der Waals surface area contributed by atoms with Crippen LogP contribution >= 0.6 is 6.89 Å². The topological polar surface area (TPSA) is 20.1 Å². The second-order valence-corrected chi connectivity index (χ2v) is 9.44. The van der Waals surface area contributed by atoms with E-state index in [0.29, 0.717) is 0 Å². The number of rotatable bonds is 4.